The quantitative estimate of drug-likeness (QED) is 0.815. The van der Waals surface area contributed by atoms with Crippen molar-refractivity contribution in [1.29, 1.82) is 0 Å². The van der Waals surface area contributed by atoms with E-state index in [2.05, 4.69) is 10.6 Å². The summed E-state index contributed by atoms with van der Waals surface area (Å²) in [4.78, 5) is 27.0. The minimum absolute atomic E-state index is 0.00285. The van der Waals surface area contributed by atoms with Gasteiger partial charge in [0.05, 0.1) is 6.42 Å². The molecule has 0 bridgehead atoms. The van der Waals surface area contributed by atoms with Crippen LogP contribution in [0.4, 0.5) is 4.39 Å². The van der Waals surface area contributed by atoms with E-state index in [0.717, 1.165) is 24.9 Å². The first-order chi connectivity index (χ1) is 14.6. The summed E-state index contributed by atoms with van der Waals surface area (Å²) in [5, 5.41) is 6.46. The Morgan fingerprint density at radius 1 is 1.00 bits per heavy atom. The van der Waals surface area contributed by atoms with Gasteiger partial charge in [-0.25, -0.2) is 4.39 Å². The number of nitrogens with zero attached hydrogens (tertiary/aromatic N) is 1. The number of carbonyl (C=O) groups is 2. The lowest BCUT2D eigenvalue weighted by Crippen LogP contribution is -2.36. The molecule has 3 rings (SSSR count). The van der Waals surface area contributed by atoms with Gasteiger partial charge in [0.1, 0.15) is 5.82 Å². The minimum atomic E-state index is -0.327. The highest BCUT2D eigenvalue weighted by Crippen LogP contribution is 2.17. The van der Waals surface area contributed by atoms with Crippen molar-refractivity contribution in [2.75, 3.05) is 26.2 Å². The topological polar surface area (TPSA) is 61.4 Å². The number of rotatable bonds is 3. The van der Waals surface area contributed by atoms with E-state index in [0.29, 0.717) is 38.0 Å². The monoisotopic (exact) mass is 411 g/mol. The van der Waals surface area contributed by atoms with Gasteiger partial charge in [-0.05, 0) is 49.1 Å². The molecule has 6 heteroatoms. The zero-order valence-electron chi connectivity index (χ0n) is 17.3. The number of hydrogen-bond donors (Lipinski definition) is 2. The SMILES string of the molecule is O=C1CC(c2ccccc2)NCCCCN(C(=O)Cc2cccc(F)c2)CCCN1. The van der Waals surface area contributed by atoms with Crippen LogP contribution in [0.3, 0.4) is 0 Å². The highest BCUT2D eigenvalue weighted by Gasteiger charge is 2.18. The predicted octanol–water partition coefficient (Wildman–Crippen LogP) is 3.22. The molecule has 2 aromatic rings. The van der Waals surface area contributed by atoms with Gasteiger partial charge in [0.25, 0.3) is 0 Å². The second-order valence-electron chi connectivity index (χ2n) is 7.72. The van der Waals surface area contributed by atoms with E-state index >= 15 is 0 Å². The van der Waals surface area contributed by atoms with Gasteiger partial charge in [0.15, 0.2) is 0 Å². The van der Waals surface area contributed by atoms with Crippen molar-refractivity contribution in [3.8, 4) is 0 Å². The van der Waals surface area contributed by atoms with Gasteiger partial charge < -0.3 is 15.5 Å². The average Bonchev–Trinajstić information content (AvgIpc) is 2.76. The molecule has 0 spiro atoms. The summed E-state index contributed by atoms with van der Waals surface area (Å²) >= 11 is 0. The molecule has 1 fully saturated rings. The smallest absolute Gasteiger partial charge is 0.226 e. The fourth-order valence-corrected chi connectivity index (χ4v) is 3.75. The van der Waals surface area contributed by atoms with E-state index in [-0.39, 0.29) is 30.1 Å². The summed E-state index contributed by atoms with van der Waals surface area (Å²) in [6.45, 7) is 2.56. The molecule has 1 unspecified atom stereocenters. The molecular formula is C24H30FN3O2. The lowest BCUT2D eigenvalue weighted by molar-refractivity contribution is -0.130. The molecule has 5 nitrogen and oxygen atoms in total. The van der Waals surface area contributed by atoms with Gasteiger partial charge in [-0.2, -0.15) is 0 Å². The maximum absolute atomic E-state index is 13.4. The molecule has 1 aliphatic rings. The standard InChI is InChI=1S/C24H30FN3O2/c25-21-11-6-8-19(16-21)17-24(30)28-14-5-4-12-26-22(20-9-2-1-3-10-20)18-23(29)27-13-7-15-28/h1-3,6,8-11,16,22,26H,4-5,7,12-15,17-18H2,(H,27,29). The number of hydrogen-bond acceptors (Lipinski definition) is 3. The molecule has 1 aliphatic heterocycles. The fourth-order valence-electron chi connectivity index (χ4n) is 3.75. The van der Waals surface area contributed by atoms with Gasteiger partial charge in [-0.1, -0.05) is 42.5 Å². The van der Waals surface area contributed by atoms with E-state index in [4.69, 9.17) is 0 Å². The van der Waals surface area contributed by atoms with Crippen LogP contribution in [0.1, 0.15) is 42.9 Å². The Bertz CT molecular complexity index is 828. The second-order valence-corrected chi connectivity index (χ2v) is 7.72. The Balaban J connectivity index is 1.59. The zero-order chi connectivity index (χ0) is 21.2. The summed E-state index contributed by atoms with van der Waals surface area (Å²) in [5.74, 6) is -0.322. The first-order valence-corrected chi connectivity index (χ1v) is 10.7. The first kappa shape index (κ1) is 22.0. The van der Waals surface area contributed by atoms with Crippen molar-refractivity contribution in [3.63, 3.8) is 0 Å². The molecule has 0 aliphatic carbocycles. The van der Waals surface area contributed by atoms with Crippen molar-refractivity contribution in [3.05, 3.63) is 71.5 Å². The van der Waals surface area contributed by atoms with Crippen LogP contribution < -0.4 is 10.6 Å². The first-order valence-electron chi connectivity index (χ1n) is 10.7. The van der Waals surface area contributed by atoms with Gasteiger partial charge >= 0.3 is 0 Å². The Morgan fingerprint density at radius 3 is 2.60 bits per heavy atom. The molecule has 1 saturated heterocycles. The third kappa shape index (κ3) is 6.95. The highest BCUT2D eigenvalue weighted by atomic mass is 19.1. The maximum atomic E-state index is 13.4. The van der Waals surface area contributed by atoms with Crippen molar-refractivity contribution in [2.24, 2.45) is 0 Å². The normalized spacial score (nSPS) is 19.2. The molecule has 160 valence electrons. The van der Waals surface area contributed by atoms with Gasteiger partial charge in [-0.3, -0.25) is 9.59 Å². The summed E-state index contributed by atoms with van der Waals surface area (Å²) in [6, 6.07) is 16.2. The van der Waals surface area contributed by atoms with E-state index in [9.17, 15) is 14.0 Å². The van der Waals surface area contributed by atoms with Crippen LogP contribution in [-0.2, 0) is 16.0 Å². The third-order valence-electron chi connectivity index (χ3n) is 5.36. The Kier molecular flexibility index (Phi) is 8.39. The van der Waals surface area contributed by atoms with Gasteiger partial charge in [0, 0.05) is 32.1 Å². The summed E-state index contributed by atoms with van der Waals surface area (Å²) < 4.78 is 13.4. The molecule has 2 amide bonds. The Hall–Kier alpha value is -2.73. The summed E-state index contributed by atoms with van der Waals surface area (Å²) in [5.41, 5.74) is 1.79. The van der Waals surface area contributed by atoms with Crippen LogP contribution in [0.25, 0.3) is 0 Å². The van der Waals surface area contributed by atoms with Crippen LogP contribution in [0, 0.1) is 5.82 Å². The Labute approximate surface area is 177 Å². The highest BCUT2D eigenvalue weighted by molar-refractivity contribution is 5.79. The van der Waals surface area contributed by atoms with Crippen LogP contribution in [0.2, 0.25) is 0 Å². The van der Waals surface area contributed by atoms with Crippen molar-refractivity contribution < 1.29 is 14.0 Å². The number of nitrogens with one attached hydrogen (secondary N) is 2. The van der Waals surface area contributed by atoms with Crippen LogP contribution in [0.15, 0.2) is 54.6 Å². The largest absolute Gasteiger partial charge is 0.356 e. The van der Waals surface area contributed by atoms with Gasteiger partial charge in [0.2, 0.25) is 11.8 Å². The lowest BCUT2D eigenvalue weighted by atomic mass is 10.0. The zero-order valence-corrected chi connectivity index (χ0v) is 17.3. The van der Waals surface area contributed by atoms with Crippen molar-refractivity contribution in [1.82, 2.24) is 15.5 Å². The van der Waals surface area contributed by atoms with E-state index in [1.165, 1.54) is 12.1 Å². The number of halogens is 1. The molecule has 0 saturated carbocycles. The summed E-state index contributed by atoms with van der Waals surface area (Å²) in [6.07, 6.45) is 3.08. The van der Waals surface area contributed by atoms with E-state index < -0.39 is 0 Å². The Morgan fingerprint density at radius 2 is 1.80 bits per heavy atom. The third-order valence-corrected chi connectivity index (χ3v) is 5.36. The average molecular weight is 412 g/mol. The predicted molar refractivity (Wildman–Crippen MR) is 115 cm³/mol. The van der Waals surface area contributed by atoms with Gasteiger partial charge in [-0.15, -0.1) is 0 Å². The molecule has 30 heavy (non-hydrogen) atoms. The minimum Gasteiger partial charge on any atom is -0.356 e. The van der Waals surface area contributed by atoms with Crippen LogP contribution in [0.5, 0.6) is 0 Å². The van der Waals surface area contributed by atoms with E-state index in [1.807, 2.05) is 35.2 Å². The maximum Gasteiger partial charge on any atom is 0.226 e. The van der Waals surface area contributed by atoms with Crippen LogP contribution >= 0.6 is 0 Å². The molecular weight excluding hydrogens is 381 g/mol. The molecule has 2 aromatic carbocycles. The van der Waals surface area contributed by atoms with Crippen molar-refractivity contribution in [2.45, 2.75) is 38.1 Å². The second kappa shape index (κ2) is 11.5. The fraction of sp³-hybridized carbons (Fsp3) is 0.417. The molecule has 0 aromatic heterocycles. The number of carbonyl (C=O) groups excluding carboxylic acids is 2. The molecule has 1 atom stereocenters. The van der Waals surface area contributed by atoms with E-state index in [1.54, 1.807) is 12.1 Å². The summed E-state index contributed by atoms with van der Waals surface area (Å²) in [7, 11) is 0. The number of amides is 2. The molecule has 0 radical (unpaired) electrons. The van der Waals surface area contributed by atoms with Crippen molar-refractivity contribution >= 4 is 11.8 Å². The lowest BCUT2D eigenvalue weighted by Gasteiger charge is -2.23. The number of benzene rings is 2. The van der Waals surface area contributed by atoms with Crippen LogP contribution in [-0.4, -0.2) is 42.9 Å². The molecule has 2 N–H and O–H groups in total. The molecule has 1 heterocycles.